The number of thiocarbonyl (C=S) groups is 1. The lowest BCUT2D eigenvalue weighted by Gasteiger charge is -2.10. The molecule has 0 spiro atoms. The second kappa shape index (κ2) is 6.72. The molecule has 2 N–H and O–H groups in total. The van der Waals surface area contributed by atoms with E-state index in [9.17, 15) is 0 Å². The third kappa shape index (κ3) is 4.52. The van der Waals surface area contributed by atoms with Gasteiger partial charge in [0.1, 0.15) is 0 Å². The summed E-state index contributed by atoms with van der Waals surface area (Å²) in [7, 11) is 0. The zero-order chi connectivity index (χ0) is 13.5. The molecule has 0 aliphatic carbocycles. The van der Waals surface area contributed by atoms with Crippen LogP contribution in [0.1, 0.15) is 31.9 Å². The van der Waals surface area contributed by atoms with E-state index in [1.54, 1.807) is 12.1 Å². The summed E-state index contributed by atoms with van der Waals surface area (Å²) in [6, 6.07) is 9.60. The zero-order valence-electron chi connectivity index (χ0n) is 10.7. The number of hydrogen-bond acceptors (Lipinski definition) is 3. The standard InChI is InChI=1S/C13H16N4S/c1-9(2)15-13(18)17-16-10(3)12-6-4-11(8-14)5-7-12/h4-7,9H,1-3H3,(H2,15,17,18)/b16-10-. The molecule has 0 radical (unpaired) electrons. The van der Waals surface area contributed by atoms with Crippen LogP contribution in [0.2, 0.25) is 0 Å². The largest absolute Gasteiger partial charge is 0.359 e. The number of hydrogen-bond donors (Lipinski definition) is 2. The fraction of sp³-hybridized carbons (Fsp3) is 0.308. The van der Waals surface area contributed by atoms with Crippen LogP contribution in [0.4, 0.5) is 0 Å². The van der Waals surface area contributed by atoms with Crippen molar-refractivity contribution in [3.8, 4) is 6.07 Å². The Bertz CT molecular complexity index is 483. The normalized spacial score (nSPS) is 10.9. The average Bonchev–Trinajstić information content (AvgIpc) is 2.35. The zero-order valence-corrected chi connectivity index (χ0v) is 11.5. The molecule has 0 atom stereocenters. The van der Waals surface area contributed by atoms with Crippen molar-refractivity contribution in [2.45, 2.75) is 26.8 Å². The molecule has 4 nitrogen and oxygen atoms in total. The van der Waals surface area contributed by atoms with Crippen molar-refractivity contribution < 1.29 is 0 Å². The first-order valence-corrected chi connectivity index (χ1v) is 6.05. The minimum absolute atomic E-state index is 0.274. The van der Waals surface area contributed by atoms with Gasteiger partial charge in [-0.2, -0.15) is 10.4 Å². The maximum atomic E-state index is 8.71. The van der Waals surface area contributed by atoms with Crippen LogP contribution in [-0.2, 0) is 0 Å². The molecule has 0 amide bonds. The van der Waals surface area contributed by atoms with E-state index in [4.69, 9.17) is 17.5 Å². The predicted molar refractivity (Wildman–Crippen MR) is 77.4 cm³/mol. The highest BCUT2D eigenvalue weighted by molar-refractivity contribution is 7.80. The van der Waals surface area contributed by atoms with E-state index in [1.165, 1.54) is 0 Å². The second-order valence-electron chi connectivity index (χ2n) is 4.13. The fourth-order valence-corrected chi connectivity index (χ4v) is 1.56. The first-order chi connectivity index (χ1) is 8.52. The smallest absolute Gasteiger partial charge is 0.187 e. The van der Waals surface area contributed by atoms with E-state index in [0.717, 1.165) is 11.3 Å². The average molecular weight is 260 g/mol. The van der Waals surface area contributed by atoms with Gasteiger partial charge in [0.2, 0.25) is 0 Å². The molecule has 1 rings (SSSR count). The van der Waals surface area contributed by atoms with Crippen LogP contribution in [-0.4, -0.2) is 16.9 Å². The van der Waals surface area contributed by atoms with E-state index in [2.05, 4.69) is 21.9 Å². The molecule has 0 aliphatic heterocycles. The summed E-state index contributed by atoms with van der Waals surface area (Å²) in [6.45, 7) is 5.89. The molecule has 0 unspecified atom stereocenters. The molecule has 94 valence electrons. The van der Waals surface area contributed by atoms with Gasteiger partial charge in [0.15, 0.2) is 5.11 Å². The Labute approximate surface area is 113 Å². The molecule has 0 aliphatic rings. The van der Waals surface area contributed by atoms with Gasteiger partial charge in [0, 0.05) is 6.04 Å². The molecule has 5 heteroatoms. The summed E-state index contributed by atoms with van der Waals surface area (Å²) >= 11 is 5.07. The van der Waals surface area contributed by atoms with Gasteiger partial charge in [-0.3, -0.25) is 5.43 Å². The van der Waals surface area contributed by atoms with E-state index >= 15 is 0 Å². The lowest BCUT2D eigenvalue weighted by Crippen LogP contribution is -2.37. The Kier molecular flexibility index (Phi) is 5.28. The number of hydrazone groups is 1. The Hall–Kier alpha value is -1.93. The number of nitrogens with zero attached hydrogens (tertiary/aromatic N) is 2. The number of rotatable bonds is 3. The first-order valence-electron chi connectivity index (χ1n) is 5.64. The summed E-state index contributed by atoms with van der Waals surface area (Å²) in [5.41, 5.74) is 5.18. The van der Waals surface area contributed by atoms with Gasteiger partial charge in [-0.25, -0.2) is 0 Å². The highest BCUT2D eigenvalue weighted by Crippen LogP contribution is 2.04. The number of benzene rings is 1. The molecule has 0 aromatic heterocycles. The molecule has 0 saturated heterocycles. The molecule has 0 heterocycles. The van der Waals surface area contributed by atoms with Gasteiger partial charge in [0.05, 0.1) is 17.3 Å². The molecule has 0 bridgehead atoms. The summed E-state index contributed by atoms with van der Waals surface area (Å²) in [4.78, 5) is 0. The topological polar surface area (TPSA) is 60.2 Å². The highest BCUT2D eigenvalue weighted by Gasteiger charge is 1.99. The monoisotopic (exact) mass is 260 g/mol. The van der Waals surface area contributed by atoms with Crippen molar-refractivity contribution in [1.82, 2.24) is 10.7 Å². The summed E-state index contributed by atoms with van der Waals surface area (Å²) in [5.74, 6) is 0. The van der Waals surface area contributed by atoms with Gasteiger partial charge in [-0.05, 0) is 50.7 Å². The van der Waals surface area contributed by atoms with Crippen molar-refractivity contribution in [1.29, 1.82) is 5.26 Å². The molecular formula is C13H16N4S. The van der Waals surface area contributed by atoms with Crippen LogP contribution in [0.5, 0.6) is 0 Å². The second-order valence-corrected chi connectivity index (χ2v) is 4.53. The number of nitrogens with one attached hydrogen (secondary N) is 2. The molecular weight excluding hydrogens is 244 g/mol. The van der Waals surface area contributed by atoms with E-state index in [1.807, 2.05) is 32.9 Å². The lowest BCUT2D eigenvalue weighted by atomic mass is 10.1. The van der Waals surface area contributed by atoms with Gasteiger partial charge < -0.3 is 5.32 Å². The van der Waals surface area contributed by atoms with E-state index in [0.29, 0.717) is 10.7 Å². The Balaban J connectivity index is 2.65. The molecule has 1 aromatic carbocycles. The summed E-state index contributed by atoms with van der Waals surface area (Å²) < 4.78 is 0. The Morgan fingerprint density at radius 2 is 1.94 bits per heavy atom. The minimum Gasteiger partial charge on any atom is -0.359 e. The summed E-state index contributed by atoms with van der Waals surface area (Å²) in [6.07, 6.45) is 0. The quantitative estimate of drug-likeness (QED) is 0.497. The van der Waals surface area contributed by atoms with E-state index in [-0.39, 0.29) is 6.04 Å². The third-order valence-electron chi connectivity index (χ3n) is 2.18. The van der Waals surface area contributed by atoms with Crippen LogP contribution in [0.25, 0.3) is 0 Å². The van der Waals surface area contributed by atoms with Crippen molar-refractivity contribution in [2.75, 3.05) is 0 Å². The first kappa shape index (κ1) is 14.1. The Morgan fingerprint density at radius 3 is 2.44 bits per heavy atom. The molecule has 1 aromatic rings. The van der Waals surface area contributed by atoms with Crippen LogP contribution in [0.15, 0.2) is 29.4 Å². The van der Waals surface area contributed by atoms with Crippen LogP contribution in [0, 0.1) is 11.3 Å². The van der Waals surface area contributed by atoms with E-state index < -0.39 is 0 Å². The fourth-order valence-electron chi connectivity index (χ4n) is 1.28. The summed E-state index contributed by atoms with van der Waals surface area (Å²) in [5, 5.41) is 16.4. The predicted octanol–water partition coefficient (Wildman–Crippen LogP) is 2.15. The number of nitriles is 1. The van der Waals surface area contributed by atoms with Gasteiger partial charge in [0.25, 0.3) is 0 Å². The lowest BCUT2D eigenvalue weighted by molar-refractivity contribution is 0.719. The Morgan fingerprint density at radius 1 is 1.33 bits per heavy atom. The minimum atomic E-state index is 0.274. The van der Waals surface area contributed by atoms with Crippen LogP contribution >= 0.6 is 12.2 Å². The maximum Gasteiger partial charge on any atom is 0.187 e. The SMILES string of the molecule is C/C(=N/NC(=S)NC(C)C)c1ccc(C#N)cc1. The van der Waals surface area contributed by atoms with Crippen LogP contribution in [0.3, 0.4) is 0 Å². The van der Waals surface area contributed by atoms with Gasteiger partial charge >= 0.3 is 0 Å². The van der Waals surface area contributed by atoms with Crippen molar-refractivity contribution in [3.05, 3.63) is 35.4 Å². The van der Waals surface area contributed by atoms with Gasteiger partial charge in [-0.1, -0.05) is 12.1 Å². The van der Waals surface area contributed by atoms with Gasteiger partial charge in [-0.15, -0.1) is 0 Å². The van der Waals surface area contributed by atoms with Crippen molar-refractivity contribution in [3.63, 3.8) is 0 Å². The highest BCUT2D eigenvalue weighted by atomic mass is 32.1. The van der Waals surface area contributed by atoms with Crippen molar-refractivity contribution >= 4 is 23.0 Å². The van der Waals surface area contributed by atoms with Crippen LogP contribution < -0.4 is 10.7 Å². The molecule has 18 heavy (non-hydrogen) atoms. The molecule has 0 fully saturated rings. The molecule has 0 saturated carbocycles. The maximum absolute atomic E-state index is 8.71. The van der Waals surface area contributed by atoms with Crippen molar-refractivity contribution in [2.24, 2.45) is 5.10 Å². The third-order valence-corrected chi connectivity index (χ3v) is 2.39.